The van der Waals surface area contributed by atoms with Gasteiger partial charge < -0.3 is 14.2 Å². The van der Waals surface area contributed by atoms with Crippen LogP contribution in [-0.4, -0.2) is 47.0 Å². The lowest BCUT2D eigenvalue weighted by molar-refractivity contribution is 0.157. The van der Waals surface area contributed by atoms with Gasteiger partial charge in [0.15, 0.2) is 0 Å². The van der Waals surface area contributed by atoms with Crippen LogP contribution in [0.2, 0.25) is 0 Å². The molecule has 4 rings (SSSR count). The third kappa shape index (κ3) is 4.16. The summed E-state index contributed by atoms with van der Waals surface area (Å²) in [6.07, 6.45) is 12.9. The molecule has 0 bridgehead atoms. The van der Waals surface area contributed by atoms with Crippen molar-refractivity contribution in [1.82, 2.24) is 14.3 Å². The van der Waals surface area contributed by atoms with E-state index in [2.05, 4.69) is 58.4 Å². The number of imidazole rings is 1. The molecule has 4 heterocycles. The number of hydrogen-bond acceptors (Lipinski definition) is 3. The van der Waals surface area contributed by atoms with Crippen LogP contribution in [0, 0.1) is 11.8 Å². The molecule has 0 N–H and O–H groups in total. The Morgan fingerprint density at radius 2 is 1.85 bits per heavy atom. The molecule has 1 atom stereocenters. The molecule has 4 heteroatoms. The maximum absolute atomic E-state index is 4.50. The van der Waals surface area contributed by atoms with Gasteiger partial charge in [-0.2, -0.15) is 0 Å². The number of nitrogens with zero attached hydrogens (tertiary/aromatic N) is 4. The standard InChI is InChI=1S/C23H36N4/c1-4-19(3)21-15-23-24-9-14-27(23)17-22(21)26-12-7-20(8-13-26)16-25-10-5-18(2)6-11-25/h9,14-15,17-20H,4-8,10-13,16H2,1-3H3. The molecule has 4 nitrogen and oxygen atoms in total. The molecular formula is C23H36N4. The van der Waals surface area contributed by atoms with E-state index in [-0.39, 0.29) is 0 Å². The van der Waals surface area contributed by atoms with E-state index in [1.165, 1.54) is 76.1 Å². The van der Waals surface area contributed by atoms with E-state index < -0.39 is 0 Å². The van der Waals surface area contributed by atoms with Crippen LogP contribution in [0.5, 0.6) is 0 Å². The van der Waals surface area contributed by atoms with Crippen molar-refractivity contribution in [3.63, 3.8) is 0 Å². The molecule has 0 aromatic carbocycles. The van der Waals surface area contributed by atoms with Gasteiger partial charge in [0.25, 0.3) is 0 Å². The number of rotatable bonds is 5. The Balaban J connectivity index is 1.43. The highest BCUT2D eigenvalue weighted by Gasteiger charge is 2.25. The molecular weight excluding hydrogens is 332 g/mol. The first kappa shape index (κ1) is 18.8. The third-order valence-electron chi connectivity index (χ3n) is 7.03. The Morgan fingerprint density at radius 3 is 2.56 bits per heavy atom. The summed E-state index contributed by atoms with van der Waals surface area (Å²) in [4.78, 5) is 9.86. The van der Waals surface area contributed by atoms with Gasteiger partial charge in [0.05, 0.1) is 5.69 Å². The molecule has 0 radical (unpaired) electrons. The maximum Gasteiger partial charge on any atom is 0.137 e. The maximum atomic E-state index is 4.50. The van der Waals surface area contributed by atoms with Gasteiger partial charge in [-0.3, -0.25) is 0 Å². The zero-order valence-corrected chi connectivity index (χ0v) is 17.4. The van der Waals surface area contributed by atoms with Gasteiger partial charge in [-0.25, -0.2) is 4.98 Å². The zero-order valence-electron chi connectivity index (χ0n) is 17.4. The summed E-state index contributed by atoms with van der Waals surface area (Å²) in [5, 5.41) is 0. The van der Waals surface area contributed by atoms with Gasteiger partial charge in [0.1, 0.15) is 5.65 Å². The minimum atomic E-state index is 0.578. The Labute approximate surface area is 164 Å². The first-order chi connectivity index (χ1) is 13.1. The van der Waals surface area contributed by atoms with Crippen LogP contribution in [0.3, 0.4) is 0 Å². The summed E-state index contributed by atoms with van der Waals surface area (Å²) in [7, 11) is 0. The number of pyridine rings is 1. The summed E-state index contributed by atoms with van der Waals surface area (Å²) in [6.45, 7) is 13.4. The summed E-state index contributed by atoms with van der Waals surface area (Å²) >= 11 is 0. The predicted molar refractivity (Wildman–Crippen MR) is 114 cm³/mol. The van der Waals surface area contributed by atoms with E-state index in [9.17, 15) is 0 Å². The van der Waals surface area contributed by atoms with Gasteiger partial charge in [-0.15, -0.1) is 0 Å². The molecule has 148 valence electrons. The first-order valence-electron chi connectivity index (χ1n) is 11.1. The van der Waals surface area contributed by atoms with E-state index in [1.54, 1.807) is 0 Å². The number of anilines is 1. The summed E-state index contributed by atoms with van der Waals surface area (Å²) in [6, 6.07) is 2.31. The lowest BCUT2D eigenvalue weighted by Gasteiger charge is -2.38. The van der Waals surface area contributed by atoms with Crippen LogP contribution in [-0.2, 0) is 0 Å². The van der Waals surface area contributed by atoms with Crippen LogP contribution in [0.15, 0.2) is 24.7 Å². The Hall–Kier alpha value is -1.55. The van der Waals surface area contributed by atoms with E-state index >= 15 is 0 Å². The van der Waals surface area contributed by atoms with Gasteiger partial charge in [0.2, 0.25) is 0 Å². The number of likely N-dealkylation sites (tertiary alicyclic amines) is 1. The average molecular weight is 369 g/mol. The lowest BCUT2D eigenvalue weighted by Crippen LogP contribution is -2.41. The Kier molecular flexibility index (Phi) is 5.72. The minimum Gasteiger partial charge on any atom is -0.370 e. The third-order valence-corrected chi connectivity index (χ3v) is 7.03. The molecule has 2 aliphatic rings. The van der Waals surface area contributed by atoms with Crippen LogP contribution in [0.25, 0.3) is 5.65 Å². The zero-order chi connectivity index (χ0) is 18.8. The van der Waals surface area contributed by atoms with E-state index in [0.717, 1.165) is 17.5 Å². The first-order valence-corrected chi connectivity index (χ1v) is 11.1. The lowest BCUT2D eigenvalue weighted by atomic mass is 9.92. The SMILES string of the molecule is CCC(C)c1cc2nccn2cc1N1CCC(CN2CCC(C)CC2)CC1. The quantitative estimate of drug-likeness (QED) is 0.758. The smallest absolute Gasteiger partial charge is 0.137 e. The molecule has 0 amide bonds. The predicted octanol–water partition coefficient (Wildman–Crippen LogP) is 4.80. The van der Waals surface area contributed by atoms with Gasteiger partial charge in [-0.1, -0.05) is 20.8 Å². The molecule has 2 aliphatic heterocycles. The van der Waals surface area contributed by atoms with Crippen molar-refractivity contribution >= 4 is 11.3 Å². The van der Waals surface area contributed by atoms with Gasteiger partial charge in [-0.05, 0) is 74.6 Å². The fourth-order valence-electron chi connectivity index (χ4n) is 4.81. The highest BCUT2D eigenvalue weighted by Crippen LogP contribution is 2.33. The van der Waals surface area contributed by atoms with E-state index in [4.69, 9.17) is 0 Å². The molecule has 0 spiro atoms. The Morgan fingerprint density at radius 1 is 1.11 bits per heavy atom. The molecule has 2 aromatic rings. The second-order valence-electron chi connectivity index (χ2n) is 9.03. The van der Waals surface area contributed by atoms with Crippen molar-refractivity contribution < 1.29 is 0 Å². The molecule has 2 aromatic heterocycles. The highest BCUT2D eigenvalue weighted by molar-refractivity contribution is 5.60. The van der Waals surface area contributed by atoms with Crippen molar-refractivity contribution in [1.29, 1.82) is 0 Å². The number of piperidine rings is 2. The minimum absolute atomic E-state index is 0.578. The molecule has 0 saturated carbocycles. The summed E-state index contributed by atoms with van der Waals surface area (Å²) < 4.78 is 2.18. The van der Waals surface area contributed by atoms with Crippen LogP contribution in [0.1, 0.15) is 64.4 Å². The second-order valence-corrected chi connectivity index (χ2v) is 9.03. The van der Waals surface area contributed by atoms with Crippen molar-refractivity contribution in [3.8, 4) is 0 Å². The molecule has 2 saturated heterocycles. The second kappa shape index (κ2) is 8.22. The monoisotopic (exact) mass is 368 g/mol. The topological polar surface area (TPSA) is 23.8 Å². The summed E-state index contributed by atoms with van der Waals surface area (Å²) in [5.74, 6) is 2.38. The van der Waals surface area contributed by atoms with Gasteiger partial charge >= 0.3 is 0 Å². The van der Waals surface area contributed by atoms with E-state index in [0.29, 0.717) is 5.92 Å². The highest BCUT2D eigenvalue weighted by atomic mass is 15.2. The number of hydrogen-bond donors (Lipinski definition) is 0. The van der Waals surface area contributed by atoms with E-state index in [1.807, 2.05) is 6.20 Å². The van der Waals surface area contributed by atoms with Crippen molar-refractivity contribution in [3.05, 3.63) is 30.2 Å². The van der Waals surface area contributed by atoms with Crippen LogP contribution >= 0.6 is 0 Å². The largest absolute Gasteiger partial charge is 0.370 e. The van der Waals surface area contributed by atoms with Crippen LogP contribution in [0.4, 0.5) is 5.69 Å². The van der Waals surface area contributed by atoms with Crippen molar-refractivity contribution in [2.75, 3.05) is 37.6 Å². The number of aromatic nitrogens is 2. The van der Waals surface area contributed by atoms with Gasteiger partial charge in [0, 0.05) is 38.2 Å². The van der Waals surface area contributed by atoms with Crippen molar-refractivity contribution in [2.45, 2.75) is 58.8 Å². The molecule has 1 unspecified atom stereocenters. The fraction of sp³-hybridized carbons (Fsp3) is 0.696. The molecule has 0 aliphatic carbocycles. The normalized spacial score (nSPS) is 21.8. The van der Waals surface area contributed by atoms with Crippen LogP contribution < -0.4 is 4.90 Å². The Bertz CT molecular complexity index is 736. The summed E-state index contributed by atoms with van der Waals surface area (Å²) in [5.41, 5.74) is 3.98. The van der Waals surface area contributed by atoms with Crippen molar-refractivity contribution in [2.24, 2.45) is 11.8 Å². The number of fused-ring (bicyclic) bond motifs is 1. The molecule has 2 fully saturated rings. The molecule has 27 heavy (non-hydrogen) atoms. The fourth-order valence-corrected chi connectivity index (χ4v) is 4.81. The average Bonchev–Trinajstić information content (AvgIpc) is 3.16.